The second kappa shape index (κ2) is 30.8. The average Bonchev–Trinajstić information content (AvgIpc) is 1.30. The molecule has 23 aromatic rings. The van der Waals surface area contributed by atoms with Crippen LogP contribution in [0.4, 0.5) is 0 Å². The van der Waals surface area contributed by atoms with Crippen molar-refractivity contribution in [3.05, 3.63) is 455 Å². The van der Waals surface area contributed by atoms with Crippen molar-refractivity contribution >= 4 is 86.4 Å². The summed E-state index contributed by atoms with van der Waals surface area (Å²) in [6, 6.07) is 160. The Hall–Kier alpha value is -16.2. The van der Waals surface area contributed by atoms with Gasteiger partial charge in [-0.1, -0.05) is 382 Å². The van der Waals surface area contributed by atoms with Crippen molar-refractivity contribution in [3.63, 3.8) is 0 Å². The molecule has 0 atom stereocenters. The number of nitrogens with zero attached hydrogens (tertiary/aromatic N) is 6. The first kappa shape index (κ1) is 71.4. The summed E-state index contributed by atoms with van der Waals surface area (Å²) >= 11 is 0. The van der Waals surface area contributed by atoms with Crippen molar-refractivity contribution in [1.29, 1.82) is 0 Å². The van der Waals surface area contributed by atoms with E-state index in [9.17, 15) is 0 Å². The lowest BCUT2D eigenvalue weighted by molar-refractivity contribution is -0.582. The first-order valence-corrected chi connectivity index (χ1v) is 41.2. The molecule has 0 aliphatic heterocycles. The summed E-state index contributed by atoms with van der Waals surface area (Å²) in [5, 5.41) is 16.5. The number of hydrogen-bond acceptors (Lipinski definition) is 4. The van der Waals surface area contributed by atoms with Gasteiger partial charge in [-0.3, -0.25) is 0 Å². The third kappa shape index (κ3) is 13.2. The van der Waals surface area contributed by atoms with Crippen molar-refractivity contribution in [2.75, 3.05) is 0 Å². The van der Waals surface area contributed by atoms with Crippen LogP contribution in [-0.2, 0) is 0 Å². The monoisotopic (exact) mass is 1540 g/mol. The van der Waals surface area contributed by atoms with Crippen LogP contribution in [0.15, 0.2) is 455 Å². The summed E-state index contributed by atoms with van der Waals surface area (Å²) in [5.74, 6) is 1.78. The second-order valence-corrected chi connectivity index (χ2v) is 30.9. The summed E-state index contributed by atoms with van der Waals surface area (Å²) in [4.78, 5) is 21.3. The molecule has 0 N–H and O–H groups in total. The Balaban J connectivity index is 0.000000145. The first-order chi connectivity index (χ1) is 60.0. The zero-order valence-corrected chi connectivity index (χ0v) is 66.0. The Morgan fingerprint density at radius 3 is 0.967 bits per heavy atom. The molecule has 0 fully saturated rings. The fourth-order valence-electron chi connectivity index (χ4n) is 18.0. The second-order valence-electron chi connectivity index (χ2n) is 30.9. The molecule has 0 saturated heterocycles. The number of aromatic nitrogens is 6. The van der Waals surface area contributed by atoms with Gasteiger partial charge < -0.3 is 0 Å². The number of rotatable bonds is 13. The topological polar surface area (TPSA) is 60.4 Å². The lowest BCUT2D eigenvalue weighted by Crippen LogP contribution is -2.31. The summed E-state index contributed by atoms with van der Waals surface area (Å²) in [7, 11) is 0. The Bertz CT molecular complexity index is 7830. The van der Waals surface area contributed by atoms with Gasteiger partial charge in [0, 0.05) is 54.9 Å². The Morgan fingerprint density at radius 2 is 0.521 bits per heavy atom. The molecular formula is C115H75N6+. The van der Waals surface area contributed by atoms with E-state index in [0.29, 0.717) is 5.82 Å². The Labute approximate surface area is 700 Å². The number of benzene rings is 19. The van der Waals surface area contributed by atoms with Gasteiger partial charge in [-0.2, -0.15) is 9.13 Å². The van der Waals surface area contributed by atoms with Crippen LogP contribution in [0, 0.1) is 0 Å². The van der Waals surface area contributed by atoms with Crippen LogP contribution in [0.5, 0.6) is 0 Å². The van der Waals surface area contributed by atoms with Crippen LogP contribution in [0.1, 0.15) is 0 Å². The lowest BCUT2D eigenvalue weighted by atomic mass is 9.89. The highest BCUT2D eigenvalue weighted by Crippen LogP contribution is 2.47. The minimum Gasteiger partial charge on any atom is -0.247 e. The van der Waals surface area contributed by atoms with Gasteiger partial charge in [-0.05, 0) is 165 Å². The van der Waals surface area contributed by atoms with E-state index in [0.717, 1.165) is 139 Å². The molecule has 4 aromatic heterocycles. The maximum absolute atomic E-state index is 5.59. The zero-order chi connectivity index (χ0) is 80.1. The van der Waals surface area contributed by atoms with Crippen molar-refractivity contribution in [1.82, 2.24) is 24.5 Å². The Kier molecular flexibility index (Phi) is 18.2. The molecular weight excluding hydrogens is 1470 g/mol. The van der Waals surface area contributed by atoms with Crippen LogP contribution in [-0.4, -0.2) is 24.5 Å². The maximum atomic E-state index is 5.59. The number of imidazole rings is 1. The van der Waals surface area contributed by atoms with Gasteiger partial charge in [0.1, 0.15) is 17.6 Å². The molecule has 0 unspecified atom stereocenters. The molecule has 0 saturated carbocycles. The van der Waals surface area contributed by atoms with E-state index in [4.69, 9.17) is 19.9 Å². The van der Waals surface area contributed by atoms with Crippen molar-refractivity contribution < 1.29 is 4.57 Å². The number of hydrogen-bond donors (Lipinski definition) is 0. The smallest absolute Gasteiger partial charge is 0.247 e. The number of para-hydroxylation sites is 1. The molecule has 6 nitrogen and oxygen atoms in total. The van der Waals surface area contributed by atoms with Crippen LogP contribution < -0.4 is 4.57 Å². The molecule has 4 heterocycles. The van der Waals surface area contributed by atoms with Gasteiger partial charge in [0.25, 0.3) is 5.82 Å². The van der Waals surface area contributed by atoms with E-state index in [1.165, 1.54) is 76.1 Å². The number of pyridine rings is 2. The van der Waals surface area contributed by atoms with E-state index in [1.807, 2.05) is 24.3 Å². The van der Waals surface area contributed by atoms with Crippen LogP contribution >= 0.6 is 0 Å². The predicted molar refractivity (Wildman–Crippen MR) is 505 cm³/mol. The van der Waals surface area contributed by atoms with E-state index in [1.54, 1.807) is 0 Å². The first-order valence-electron chi connectivity index (χ1n) is 41.2. The molecule has 0 aliphatic carbocycles. The van der Waals surface area contributed by atoms with Crippen LogP contribution in [0.25, 0.3) is 221 Å². The third-order valence-corrected chi connectivity index (χ3v) is 23.8. The van der Waals surface area contributed by atoms with Gasteiger partial charge in [0.2, 0.25) is 0 Å². The standard InChI is InChI=1S/C60H40N3.C55H35N3/c1-4-20-44(21-5-1)58-40-62(46-26-8-3-9-27-46)60(45-22-6-2-7-23-45)63(58)47-36-34-43(35-37-47)54-39-57(52-33-17-25-42-19-11-13-29-49(42)52)61-59-53-31-15-14-30-51(53)55(38-56(54)59)50-32-16-24-41-18-10-12-28-48(41)50;1-3-17-39(18-4-1)51-35-52(58-55(57-51)41-19-5-2-6-20-41)40-31-29-38(30-32-40)48-34-53(46-28-14-22-37-16-8-10-24-43(37)46)56-54-47-26-12-11-25-45(47)49(33-50(48)54)44-27-13-21-36-15-7-9-23-42(36)44/h1-40H;1-35H/q+1;. The number of fused-ring (bicyclic) bond motifs is 10. The highest BCUT2D eigenvalue weighted by molar-refractivity contribution is 6.20. The van der Waals surface area contributed by atoms with Crippen LogP contribution in [0.2, 0.25) is 0 Å². The van der Waals surface area contributed by atoms with E-state index in [-0.39, 0.29) is 0 Å². The van der Waals surface area contributed by atoms with Crippen molar-refractivity contribution in [2.24, 2.45) is 0 Å². The largest absolute Gasteiger partial charge is 0.299 e. The van der Waals surface area contributed by atoms with E-state index >= 15 is 0 Å². The van der Waals surface area contributed by atoms with Gasteiger partial charge in [0.05, 0.1) is 39.4 Å². The summed E-state index contributed by atoms with van der Waals surface area (Å²) in [6.07, 6.45) is 2.27. The van der Waals surface area contributed by atoms with E-state index < -0.39 is 0 Å². The molecule has 23 rings (SSSR count). The normalized spacial score (nSPS) is 11.5. The lowest BCUT2D eigenvalue weighted by Gasteiger charge is -2.17. The molecule has 0 spiro atoms. The molecule has 19 aromatic carbocycles. The molecule has 0 bridgehead atoms. The van der Waals surface area contributed by atoms with Crippen LogP contribution in [0.3, 0.4) is 0 Å². The molecule has 564 valence electrons. The van der Waals surface area contributed by atoms with E-state index in [2.05, 4.69) is 440 Å². The zero-order valence-electron chi connectivity index (χ0n) is 66.0. The quantitative estimate of drug-likeness (QED) is 0.0853. The third-order valence-electron chi connectivity index (χ3n) is 23.8. The fraction of sp³-hybridized carbons (Fsp3) is 0. The summed E-state index contributed by atoms with van der Waals surface area (Å²) < 4.78 is 4.72. The SMILES string of the molecule is c1ccc(-c2c[n+](-c3ccccc3)c(-c3ccccc3)n2-c2ccc(-c3cc(-c4cccc5ccccc45)nc4c3cc(-c3cccc5ccccc35)c3ccccc34)cc2)cc1.c1ccc(-c2cc(-c3ccc(-c4cc(-c5cccc6ccccc56)nc5c4cc(-c4cccc6ccccc46)c4ccccc45)cc3)nc(-c3ccccc3)n2)cc1. The summed E-state index contributed by atoms with van der Waals surface area (Å²) in [5.41, 5.74) is 25.8. The highest BCUT2D eigenvalue weighted by atomic mass is 15.2. The minimum absolute atomic E-state index is 0.703. The molecule has 0 amide bonds. The van der Waals surface area contributed by atoms with Gasteiger partial charge >= 0.3 is 0 Å². The van der Waals surface area contributed by atoms with Gasteiger partial charge in [-0.15, -0.1) is 0 Å². The van der Waals surface area contributed by atoms with Gasteiger partial charge in [0.15, 0.2) is 11.5 Å². The molecule has 121 heavy (non-hydrogen) atoms. The Morgan fingerprint density at radius 1 is 0.190 bits per heavy atom. The maximum Gasteiger partial charge on any atom is 0.299 e. The average molecular weight is 1540 g/mol. The minimum atomic E-state index is 0.703. The van der Waals surface area contributed by atoms with Crippen molar-refractivity contribution in [3.8, 4) is 135 Å². The molecule has 0 aliphatic rings. The molecule has 6 heteroatoms. The molecule has 0 radical (unpaired) electrons. The van der Waals surface area contributed by atoms with Gasteiger partial charge in [-0.25, -0.2) is 19.9 Å². The predicted octanol–water partition coefficient (Wildman–Crippen LogP) is 29.6. The summed E-state index contributed by atoms with van der Waals surface area (Å²) in [6.45, 7) is 0. The highest BCUT2D eigenvalue weighted by Gasteiger charge is 2.30. The fourth-order valence-corrected chi connectivity index (χ4v) is 18.0. The van der Waals surface area contributed by atoms with Crippen molar-refractivity contribution in [2.45, 2.75) is 0 Å².